The van der Waals surface area contributed by atoms with Crippen LogP contribution in [-0.4, -0.2) is 16.4 Å². The van der Waals surface area contributed by atoms with Crippen LogP contribution in [-0.2, 0) is 6.54 Å². The Bertz CT molecular complexity index is 429. The molecule has 1 aromatic carbocycles. The van der Waals surface area contributed by atoms with E-state index >= 15 is 0 Å². The Hall–Kier alpha value is -1.77. The van der Waals surface area contributed by atoms with Gasteiger partial charge in [-0.05, 0) is 31.0 Å². The lowest BCUT2D eigenvalue weighted by Crippen LogP contribution is -2.09. The molecule has 0 bridgehead atoms. The fourth-order valence-corrected chi connectivity index (χ4v) is 1.70. The van der Waals surface area contributed by atoms with Gasteiger partial charge in [-0.2, -0.15) is 5.10 Å². The highest BCUT2D eigenvalue weighted by atomic mass is 16.5. The molecule has 0 spiro atoms. The fourth-order valence-electron chi connectivity index (χ4n) is 1.70. The van der Waals surface area contributed by atoms with Crippen LogP contribution in [0.5, 0.6) is 5.75 Å². The van der Waals surface area contributed by atoms with Crippen LogP contribution in [0.2, 0.25) is 0 Å². The smallest absolute Gasteiger partial charge is 0.125 e. The predicted octanol–water partition coefficient (Wildman–Crippen LogP) is 2.58. The van der Waals surface area contributed by atoms with Gasteiger partial charge in [0.1, 0.15) is 12.4 Å². The highest BCUT2D eigenvalue weighted by molar-refractivity contribution is 5.39. The molecule has 2 rings (SSSR count). The van der Waals surface area contributed by atoms with Crippen molar-refractivity contribution in [2.45, 2.75) is 20.4 Å². The lowest BCUT2D eigenvalue weighted by atomic mass is 10.1. The van der Waals surface area contributed by atoms with Gasteiger partial charge < -0.3 is 4.74 Å². The van der Waals surface area contributed by atoms with Crippen molar-refractivity contribution in [3.63, 3.8) is 0 Å². The number of aryl methyl sites for hydroxylation is 2. The van der Waals surface area contributed by atoms with Crippen molar-refractivity contribution in [3.05, 3.63) is 47.8 Å². The number of rotatable bonds is 4. The lowest BCUT2D eigenvalue weighted by Gasteiger charge is -2.11. The topological polar surface area (TPSA) is 27.1 Å². The van der Waals surface area contributed by atoms with E-state index in [0.717, 1.165) is 12.3 Å². The summed E-state index contributed by atoms with van der Waals surface area (Å²) in [4.78, 5) is 0. The monoisotopic (exact) mass is 216 g/mol. The summed E-state index contributed by atoms with van der Waals surface area (Å²) < 4.78 is 7.65. The van der Waals surface area contributed by atoms with Crippen molar-refractivity contribution in [2.75, 3.05) is 6.61 Å². The van der Waals surface area contributed by atoms with Crippen molar-refractivity contribution in [2.24, 2.45) is 0 Å². The fraction of sp³-hybridized carbons (Fsp3) is 0.308. The molecule has 0 atom stereocenters. The third-order valence-corrected chi connectivity index (χ3v) is 2.53. The minimum absolute atomic E-state index is 0.646. The Morgan fingerprint density at radius 2 is 1.94 bits per heavy atom. The highest BCUT2D eigenvalue weighted by Gasteiger charge is 2.02. The molecule has 0 amide bonds. The molecule has 16 heavy (non-hydrogen) atoms. The quantitative estimate of drug-likeness (QED) is 0.785. The second-order valence-corrected chi connectivity index (χ2v) is 3.84. The van der Waals surface area contributed by atoms with E-state index in [9.17, 15) is 0 Å². The lowest BCUT2D eigenvalue weighted by molar-refractivity contribution is 0.288. The van der Waals surface area contributed by atoms with Gasteiger partial charge in [-0.3, -0.25) is 4.68 Å². The van der Waals surface area contributed by atoms with Gasteiger partial charge in [0.2, 0.25) is 0 Å². The molecule has 0 N–H and O–H groups in total. The third-order valence-electron chi connectivity index (χ3n) is 2.53. The Morgan fingerprint density at radius 3 is 2.56 bits per heavy atom. The average molecular weight is 216 g/mol. The van der Waals surface area contributed by atoms with E-state index in [4.69, 9.17) is 4.74 Å². The molecule has 0 aliphatic carbocycles. The second kappa shape index (κ2) is 4.84. The Kier molecular flexibility index (Phi) is 3.25. The molecule has 0 radical (unpaired) electrons. The Morgan fingerprint density at radius 1 is 1.19 bits per heavy atom. The van der Waals surface area contributed by atoms with Crippen LogP contribution in [0.25, 0.3) is 0 Å². The number of nitrogens with zero attached hydrogens (tertiary/aromatic N) is 2. The van der Waals surface area contributed by atoms with Crippen molar-refractivity contribution in [1.29, 1.82) is 0 Å². The maximum absolute atomic E-state index is 5.78. The minimum atomic E-state index is 0.646. The zero-order valence-corrected chi connectivity index (χ0v) is 9.68. The molecular formula is C13H16N2O. The average Bonchev–Trinajstić information content (AvgIpc) is 2.75. The van der Waals surface area contributed by atoms with Crippen LogP contribution in [0.3, 0.4) is 0 Å². The number of benzene rings is 1. The van der Waals surface area contributed by atoms with Gasteiger partial charge in [0.25, 0.3) is 0 Å². The first kappa shape index (κ1) is 10.7. The summed E-state index contributed by atoms with van der Waals surface area (Å²) in [5.74, 6) is 0.995. The summed E-state index contributed by atoms with van der Waals surface area (Å²) >= 11 is 0. The van der Waals surface area contributed by atoms with Gasteiger partial charge >= 0.3 is 0 Å². The first-order valence-corrected chi connectivity index (χ1v) is 5.44. The van der Waals surface area contributed by atoms with Gasteiger partial charge in [-0.1, -0.05) is 18.2 Å². The van der Waals surface area contributed by atoms with Gasteiger partial charge in [0, 0.05) is 12.4 Å². The summed E-state index contributed by atoms with van der Waals surface area (Å²) in [5, 5.41) is 4.13. The molecule has 0 fully saturated rings. The Labute approximate surface area is 95.7 Å². The largest absolute Gasteiger partial charge is 0.491 e. The van der Waals surface area contributed by atoms with E-state index in [0.29, 0.717) is 6.61 Å². The van der Waals surface area contributed by atoms with Crippen molar-refractivity contribution in [1.82, 2.24) is 9.78 Å². The minimum Gasteiger partial charge on any atom is -0.491 e. The normalized spacial score (nSPS) is 10.4. The number of ether oxygens (including phenoxy) is 1. The molecule has 0 saturated carbocycles. The molecular weight excluding hydrogens is 200 g/mol. The van der Waals surface area contributed by atoms with Gasteiger partial charge in [0.05, 0.1) is 6.54 Å². The number of hydrogen-bond acceptors (Lipinski definition) is 2. The predicted molar refractivity (Wildman–Crippen MR) is 63.6 cm³/mol. The van der Waals surface area contributed by atoms with Crippen LogP contribution in [0.4, 0.5) is 0 Å². The summed E-state index contributed by atoms with van der Waals surface area (Å²) in [6.45, 7) is 5.56. The molecule has 0 unspecified atom stereocenters. The summed E-state index contributed by atoms with van der Waals surface area (Å²) in [5.41, 5.74) is 2.36. The molecule has 3 nitrogen and oxygen atoms in total. The molecule has 2 aromatic rings. The summed E-state index contributed by atoms with van der Waals surface area (Å²) in [6.07, 6.45) is 3.72. The van der Waals surface area contributed by atoms with E-state index in [1.165, 1.54) is 11.1 Å². The number of aromatic nitrogens is 2. The third kappa shape index (κ3) is 2.42. The highest BCUT2D eigenvalue weighted by Crippen LogP contribution is 2.22. The standard InChI is InChI=1S/C13H16N2O/c1-11-5-3-6-12(2)13(11)16-10-9-15-8-4-7-14-15/h3-8H,9-10H2,1-2H3. The summed E-state index contributed by atoms with van der Waals surface area (Å²) in [7, 11) is 0. The van der Waals surface area contributed by atoms with Crippen LogP contribution in [0.15, 0.2) is 36.7 Å². The molecule has 1 aromatic heterocycles. The van der Waals surface area contributed by atoms with E-state index in [1.54, 1.807) is 6.20 Å². The zero-order chi connectivity index (χ0) is 11.4. The molecule has 0 aliphatic rings. The molecule has 1 heterocycles. The number of hydrogen-bond donors (Lipinski definition) is 0. The van der Waals surface area contributed by atoms with E-state index in [-0.39, 0.29) is 0 Å². The number of para-hydroxylation sites is 1. The first-order chi connectivity index (χ1) is 7.77. The molecule has 0 aliphatic heterocycles. The van der Waals surface area contributed by atoms with E-state index < -0.39 is 0 Å². The van der Waals surface area contributed by atoms with Crippen LogP contribution in [0, 0.1) is 13.8 Å². The van der Waals surface area contributed by atoms with Gasteiger partial charge in [-0.15, -0.1) is 0 Å². The maximum Gasteiger partial charge on any atom is 0.125 e. The molecule has 0 saturated heterocycles. The summed E-state index contributed by atoms with van der Waals surface area (Å²) in [6, 6.07) is 8.09. The van der Waals surface area contributed by atoms with Gasteiger partial charge in [-0.25, -0.2) is 0 Å². The molecule has 84 valence electrons. The Balaban J connectivity index is 1.95. The van der Waals surface area contributed by atoms with Crippen LogP contribution >= 0.6 is 0 Å². The van der Waals surface area contributed by atoms with Crippen molar-refractivity contribution in [3.8, 4) is 5.75 Å². The van der Waals surface area contributed by atoms with Crippen molar-refractivity contribution >= 4 is 0 Å². The van der Waals surface area contributed by atoms with E-state index in [1.807, 2.05) is 23.0 Å². The van der Waals surface area contributed by atoms with Crippen LogP contribution < -0.4 is 4.74 Å². The SMILES string of the molecule is Cc1cccc(C)c1OCCn1cccn1. The first-order valence-electron chi connectivity index (χ1n) is 5.44. The van der Waals surface area contributed by atoms with E-state index in [2.05, 4.69) is 31.1 Å². The van der Waals surface area contributed by atoms with Crippen molar-refractivity contribution < 1.29 is 4.74 Å². The maximum atomic E-state index is 5.78. The van der Waals surface area contributed by atoms with Crippen LogP contribution in [0.1, 0.15) is 11.1 Å². The molecule has 3 heteroatoms. The second-order valence-electron chi connectivity index (χ2n) is 3.84. The van der Waals surface area contributed by atoms with Gasteiger partial charge in [0.15, 0.2) is 0 Å². The zero-order valence-electron chi connectivity index (χ0n) is 9.68.